The largest absolute Gasteiger partial charge is 0.369 e. The van der Waals surface area contributed by atoms with Crippen LogP contribution in [0.3, 0.4) is 0 Å². The molecule has 1 saturated heterocycles. The number of nitrogens with zero attached hydrogens (tertiary/aromatic N) is 3. The minimum absolute atomic E-state index is 0.0720. The first kappa shape index (κ1) is 20.9. The van der Waals surface area contributed by atoms with Crippen LogP contribution in [0.15, 0.2) is 46.5 Å². The summed E-state index contributed by atoms with van der Waals surface area (Å²) < 4.78 is 0. The van der Waals surface area contributed by atoms with Gasteiger partial charge >= 0.3 is 0 Å². The van der Waals surface area contributed by atoms with Gasteiger partial charge < -0.3 is 9.88 Å². The fourth-order valence-electron chi connectivity index (χ4n) is 3.62. The van der Waals surface area contributed by atoms with Gasteiger partial charge in [-0.05, 0) is 44.0 Å². The maximum Gasteiger partial charge on any atom is 0.251 e. The number of H-pyrrole nitrogens is 1. The first-order valence-electron chi connectivity index (χ1n) is 10.4. The number of hydrogen-bond acceptors (Lipinski definition) is 5. The summed E-state index contributed by atoms with van der Waals surface area (Å²) in [4.78, 5) is 23.3. The van der Waals surface area contributed by atoms with Crippen molar-refractivity contribution in [1.82, 2.24) is 14.9 Å². The van der Waals surface area contributed by atoms with Gasteiger partial charge in [0.2, 0.25) is 0 Å². The lowest BCUT2D eigenvalue weighted by Gasteiger charge is -2.36. The summed E-state index contributed by atoms with van der Waals surface area (Å²) in [6.45, 7) is 8.01. The molecule has 1 fully saturated rings. The Kier molecular flexibility index (Phi) is 8.42. The fraction of sp³-hybridized carbons (Fsp3) is 0.545. The number of hydrogen-bond donors (Lipinski definition) is 1. The molecule has 0 atom stereocenters. The molecule has 152 valence electrons. The van der Waals surface area contributed by atoms with E-state index < -0.39 is 0 Å². The highest BCUT2D eigenvalue weighted by Gasteiger charge is 2.16. The molecule has 28 heavy (non-hydrogen) atoms. The highest BCUT2D eigenvalue weighted by Crippen LogP contribution is 2.18. The molecule has 1 aliphatic heterocycles. The number of nitrogens with one attached hydrogen (secondary N) is 1. The van der Waals surface area contributed by atoms with Crippen molar-refractivity contribution in [3.63, 3.8) is 0 Å². The molecule has 0 spiro atoms. The number of anilines is 1. The molecule has 1 N–H and O–H groups in total. The molecule has 3 rings (SSSR count). The van der Waals surface area contributed by atoms with E-state index in [1.54, 1.807) is 18.0 Å². The van der Waals surface area contributed by atoms with Crippen molar-refractivity contribution in [2.45, 2.75) is 44.2 Å². The van der Waals surface area contributed by atoms with Crippen molar-refractivity contribution in [3.8, 4) is 0 Å². The van der Waals surface area contributed by atoms with E-state index in [1.165, 1.54) is 69.1 Å². The molecule has 6 heteroatoms. The lowest BCUT2D eigenvalue weighted by molar-refractivity contribution is 0.252. The first-order valence-corrected chi connectivity index (χ1v) is 11.4. The first-order chi connectivity index (χ1) is 13.7. The van der Waals surface area contributed by atoms with Crippen LogP contribution in [-0.2, 0) is 0 Å². The Morgan fingerprint density at radius 2 is 1.82 bits per heavy atom. The highest BCUT2D eigenvalue weighted by atomic mass is 32.2. The van der Waals surface area contributed by atoms with E-state index in [9.17, 15) is 4.79 Å². The van der Waals surface area contributed by atoms with E-state index in [1.807, 2.05) is 0 Å². The minimum atomic E-state index is -0.0720. The van der Waals surface area contributed by atoms with E-state index in [4.69, 9.17) is 0 Å². The third kappa shape index (κ3) is 6.99. The quantitative estimate of drug-likeness (QED) is 0.372. The van der Waals surface area contributed by atoms with Gasteiger partial charge in [0.05, 0.1) is 0 Å². The summed E-state index contributed by atoms with van der Waals surface area (Å²) >= 11 is 1.64. The summed E-state index contributed by atoms with van der Waals surface area (Å²) in [6, 6.07) is 10.3. The standard InChI is InChI=1S/C22H32N4OS/c1-19-8-7-9-20(18-19)26-15-13-25(14-16-26)12-5-3-2-4-6-17-28-22-23-11-10-21(27)24-22/h7-11,18H,2-6,12-17H2,1H3,(H,23,24,27). The Hall–Kier alpha value is -1.79. The molecule has 2 aromatic rings. The zero-order chi connectivity index (χ0) is 19.6. The van der Waals surface area contributed by atoms with Crippen molar-refractivity contribution in [2.24, 2.45) is 0 Å². The van der Waals surface area contributed by atoms with Gasteiger partial charge in [0, 0.05) is 49.9 Å². The third-order valence-electron chi connectivity index (χ3n) is 5.24. The van der Waals surface area contributed by atoms with Crippen molar-refractivity contribution >= 4 is 17.4 Å². The number of aromatic amines is 1. The van der Waals surface area contributed by atoms with Gasteiger partial charge in [0.15, 0.2) is 5.16 Å². The van der Waals surface area contributed by atoms with Crippen LogP contribution in [0.5, 0.6) is 0 Å². The number of benzene rings is 1. The van der Waals surface area contributed by atoms with Gasteiger partial charge in [0.25, 0.3) is 5.56 Å². The summed E-state index contributed by atoms with van der Waals surface area (Å²) in [7, 11) is 0. The second kappa shape index (κ2) is 11.3. The summed E-state index contributed by atoms with van der Waals surface area (Å²) in [6.07, 6.45) is 7.91. The maximum atomic E-state index is 11.2. The van der Waals surface area contributed by atoms with E-state index in [0.29, 0.717) is 0 Å². The summed E-state index contributed by atoms with van der Waals surface area (Å²) in [5, 5.41) is 0.734. The van der Waals surface area contributed by atoms with Crippen LogP contribution < -0.4 is 10.5 Å². The van der Waals surface area contributed by atoms with Gasteiger partial charge in [-0.3, -0.25) is 9.69 Å². The Labute approximate surface area is 172 Å². The Bertz CT molecular complexity index is 771. The number of unbranched alkanes of at least 4 members (excludes halogenated alkanes) is 4. The lowest BCUT2D eigenvalue weighted by Crippen LogP contribution is -2.46. The number of piperazine rings is 1. The molecule has 0 radical (unpaired) electrons. The van der Waals surface area contributed by atoms with Crippen LogP contribution in [-0.4, -0.2) is 53.3 Å². The van der Waals surface area contributed by atoms with E-state index in [0.717, 1.165) is 24.0 Å². The van der Waals surface area contributed by atoms with Crippen LogP contribution >= 0.6 is 11.8 Å². The number of thioether (sulfide) groups is 1. The minimum Gasteiger partial charge on any atom is -0.369 e. The SMILES string of the molecule is Cc1cccc(N2CCN(CCCCCCCSc3nccc(=O)[nH]3)CC2)c1. The molecule has 0 aliphatic carbocycles. The van der Waals surface area contributed by atoms with E-state index in [2.05, 4.69) is 51.0 Å². The smallest absolute Gasteiger partial charge is 0.251 e. The van der Waals surface area contributed by atoms with Gasteiger partial charge in [-0.15, -0.1) is 0 Å². The van der Waals surface area contributed by atoms with Crippen LogP contribution in [0, 0.1) is 6.92 Å². The van der Waals surface area contributed by atoms with Crippen molar-refractivity contribution < 1.29 is 0 Å². The zero-order valence-corrected chi connectivity index (χ0v) is 17.7. The summed E-state index contributed by atoms with van der Waals surface area (Å²) in [5.41, 5.74) is 2.64. The van der Waals surface area contributed by atoms with Crippen LogP contribution in [0.1, 0.15) is 37.7 Å². The molecular formula is C22H32N4OS. The number of rotatable bonds is 10. The van der Waals surface area contributed by atoms with Gasteiger partial charge in [-0.2, -0.15) is 0 Å². The van der Waals surface area contributed by atoms with Crippen LogP contribution in [0.2, 0.25) is 0 Å². The van der Waals surface area contributed by atoms with Gasteiger partial charge in [0.1, 0.15) is 0 Å². The van der Waals surface area contributed by atoms with Crippen molar-refractivity contribution in [3.05, 3.63) is 52.4 Å². The molecule has 5 nitrogen and oxygen atoms in total. The van der Waals surface area contributed by atoms with Gasteiger partial charge in [-0.25, -0.2) is 4.98 Å². The normalized spacial score (nSPS) is 15.1. The predicted octanol–water partition coefficient (Wildman–Crippen LogP) is 3.94. The number of aromatic nitrogens is 2. The van der Waals surface area contributed by atoms with E-state index >= 15 is 0 Å². The Balaban J connectivity index is 1.20. The van der Waals surface area contributed by atoms with Crippen LogP contribution in [0.25, 0.3) is 0 Å². The average Bonchev–Trinajstić information content (AvgIpc) is 2.70. The number of aryl methyl sites for hydroxylation is 1. The second-order valence-corrected chi connectivity index (χ2v) is 8.61. The average molecular weight is 401 g/mol. The molecule has 0 unspecified atom stereocenters. The highest BCUT2D eigenvalue weighted by molar-refractivity contribution is 7.99. The topological polar surface area (TPSA) is 52.2 Å². The van der Waals surface area contributed by atoms with Crippen LogP contribution in [0.4, 0.5) is 5.69 Å². The van der Waals surface area contributed by atoms with Crippen molar-refractivity contribution in [1.29, 1.82) is 0 Å². The zero-order valence-electron chi connectivity index (χ0n) is 16.9. The monoisotopic (exact) mass is 400 g/mol. The predicted molar refractivity (Wildman–Crippen MR) is 118 cm³/mol. The second-order valence-electron chi connectivity index (χ2n) is 7.52. The van der Waals surface area contributed by atoms with Crippen molar-refractivity contribution in [2.75, 3.05) is 43.4 Å². The molecule has 2 heterocycles. The molecule has 1 aromatic carbocycles. The Morgan fingerprint density at radius 1 is 1.04 bits per heavy atom. The molecule has 1 aromatic heterocycles. The van der Waals surface area contributed by atoms with Gasteiger partial charge in [-0.1, -0.05) is 43.2 Å². The summed E-state index contributed by atoms with van der Waals surface area (Å²) in [5.74, 6) is 1.02. The molecule has 0 amide bonds. The van der Waals surface area contributed by atoms with E-state index in [-0.39, 0.29) is 5.56 Å². The fourth-order valence-corrected chi connectivity index (χ4v) is 4.47. The molecule has 0 saturated carbocycles. The Morgan fingerprint density at radius 3 is 2.61 bits per heavy atom. The maximum absolute atomic E-state index is 11.2. The third-order valence-corrected chi connectivity index (χ3v) is 6.22. The molecular weight excluding hydrogens is 368 g/mol. The molecule has 1 aliphatic rings. The lowest BCUT2D eigenvalue weighted by atomic mass is 10.1. The molecule has 0 bridgehead atoms.